The van der Waals surface area contributed by atoms with E-state index in [0.29, 0.717) is 18.3 Å². The first-order chi connectivity index (χ1) is 14.6. The molecule has 8 heteroatoms. The Hall–Kier alpha value is -2.10. The van der Waals surface area contributed by atoms with Crippen LogP contribution in [0, 0.1) is 5.82 Å². The summed E-state index contributed by atoms with van der Waals surface area (Å²) < 4.78 is 19.2. The minimum atomic E-state index is -0.272. The van der Waals surface area contributed by atoms with Crippen molar-refractivity contribution in [3.63, 3.8) is 0 Å². The lowest BCUT2D eigenvalue weighted by Gasteiger charge is -2.20. The Morgan fingerprint density at radius 3 is 2.77 bits per heavy atom. The molecule has 1 aromatic heterocycles. The van der Waals surface area contributed by atoms with Crippen molar-refractivity contribution in [1.29, 1.82) is 0 Å². The predicted octanol–water partition coefficient (Wildman–Crippen LogP) is 4.17. The van der Waals surface area contributed by atoms with Crippen molar-refractivity contribution in [2.45, 2.75) is 38.6 Å². The van der Waals surface area contributed by atoms with Gasteiger partial charge >= 0.3 is 0 Å². The summed E-state index contributed by atoms with van der Waals surface area (Å²) in [7, 11) is 1.68. The fourth-order valence-corrected chi connectivity index (χ4v) is 3.66. The molecular weight excluding hydrogens is 508 g/mol. The third kappa shape index (κ3) is 7.22. The summed E-state index contributed by atoms with van der Waals surface area (Å²) in [5, 5.41) is 6.81. The molecule has 170 valence electrons. The van der Waals surface area contributed by atoms with Crippen LogP contribution >= 0.6 is 24.0 Å². The van der Waals surface area contributed by atoms with Gasteiger partial charge in [-0.15, -0.1) is 24.0 Å². The highest BCUT2D eigenvalue weighted by Gasteiger charge is 2.25. The molecule has 31 heavy (non-hydrogen) atoms. The monoisotopic (exact) mass is 541 g/mol. The van der Waals surface area contributed by atoms with Gasteiger partial charge in [-0.1, -0.05) is 19.1 Å². The van der Waals surface area contributed by atoms with Crippen molar-refractivity contribution in [2.24, 2.45) is 4.99 Å². The van der Waals surface area contributed by atoms with Gasteiger partial charge in [-0.2, -0.15) is 0 Å². The Morgan fingerprint density at radius 1 is 1.32 bits per heavy atom. The molecule has 0 amide bonds. The molecule has 0 spiro atoms. The summed E-state index contributed by atoms with van der Waals surface area (Å²) in [6.45, 7) is 7.29. The largest absolute Gasteiger partial charge is 0.497 e. The number of ether oxygens (including phenoxy) is 1. The lowest BCUT2D eigenvalue weighted by atomic mass is 9.98. The van der Waals surface area contributed by atoms with Gasteiger partial charge in [0.25, 0.3) is 0 Å². The fraction of sp³-hybridized carbons (Fsp3) is 0.478. The van der Waals surface area contributed by atoms with E-state index in [2.05, 4.69) is 41.6 Å². The number of pyridine rings is 1. The third-order valence-corrected chi connectivity index (χ3v) is 5.43. The Kier molecular flexibility index (Phi) is 10.3. The average molecular weight is 541 g/mol. The standard InChI is InChI=1S/C23H32FN5O.HI/c1-4-25-23(27-14-11-17(2)18-7-9-20(30-3)10-8-18)28-19-12-15-29(16-19)22-21(24)6-5-13-26-22;/h5-10,13,17,19H,4,11-12,14-16H2,1-3H3,(H2,25,27,28);1H. The average Bonchev–Trinajstić information content (AvgIpc) is 3.22. The maximum absolute atomic E-state index is 14.0. The van der Waals surface area contributed by atoms with Gasteiger partial charge < -0.3 is 20.3 Å². The summed E-state index contributed by atoms with van der Waals surface area (Å²) in [5.74, 6) is 2.26. The van der Waals surface area contributed by atoms with Crippen molar-refractivity contribution in [3.8, 4) is 5.75 Å². The van der Waals surface area contributed by atoms with Gasteiger partial charge in [0.2, 0.25) is 0 Å². The molecule has 0 bridgehead atoms. The summed E-state index contributed by atoms with van der Waals surface area (Å²) >= 11 is 0. The van der Waals surface area contributed by atoms with Crippen molar-refractivity contribution in [2.75, 3.05) is 38.2 Å². The van der Waals surface area contributed by atoms with Crippen LogP contribution in [0.4, 0.5) is 10.2 Å². The number of nitrogens with zero attached hydrogens (tertiary/aromatic N) is 3. The maximum atomic E-state index is 14.0. The molecule has 1 aliphatic rings. The zero-order valence-electron chi connectivity index (χ0n) is 18.5. The van der Waals surface area contributed by atoms with Crippen LogP contribution in [0.25, 0.3) is 0 Å². The molecule has 1 saturated heterocycles. The highest BCUT2D eigenvalue weighted by atomic mass is 127. The number of halogens is 2. The molecule has 6 nitrogen and oxygen atoms in total. The van der Waals surface area contributed by atoms with Gasteiger partial charge in [0.05, 0.1) is 7.11 Å². The van der Waals surface area contributed by atoms with Crippen LogP contribution in [0.1, 0.15) is 38.2 Å². The van der Waals surface area contributed by atoms with Crippen LogP contribution in [-0.4, -0.2) is 50.3 Å². The Bertz CT molecular complexity index is 833. The number of rotatable bonds is 8. The molecular formula is C23H33FIN5O. The van der Waals surface area contributed by atoms with Crippen molar-refractivity contribution >= 4 is 35.8 Å². The van der Waals surface area contributed by atoms with Gasteiger partial charge in [0.15, 0.2) is 17.6 Å². The first-order valence-corrected chi connectivity index (χ1v) is 10.6. The van der Waals surface area contributed by atoms with Gasteiger partial charge in [0, 0.05) is 38.4 Å². The summed E-state index contributed by atoms with van der Waals surface area (Å²) in [5.41, 5.74) is 1.28. The smallest absolute Gasteiger partial charge is 0.191 e. The number of aliphatic imine (C=N–C) groups is 1. The van der Waals surface area contributed by atoms with E-state index in [-0.39, 0.29) is 35.8 Å². The minimum Gasteiger partial charge on any atom is -0.497 e. The number of methoxy groups -OCH3 is 1. The topological polar surface area (TPSA) is 61.8 Å². The lowest BCUT2D eigenvalue weighted by Crippen LogP contribution is -2.44. The van der Waals surface area contributed by atoms with Crippen LogP contribution in [0.5, 0.6) is 5.75 Å². The summed E-state index contributed by atoms with van der Waals surface area (Å²) in [4.78, 5) is 10.9. The second kappa shape index (κ2) is 12.7. The number of aromatic nitrogens is 1. The Morgan fingerprint density at radius 2 is 2.10 bits per heavy atom. The summed E-state index contributed by atoms with van der Waals surface area (Å²) in [6.07, 6.45) is 3.51. The van der Waals surface area contributed by atoms with Crippen LogP contribution in [0.15, 0.2) is 47.6 Å². The van der Waals surface area contributed by atoms with Crippen molar-refractivity contribution in [3.05, 3.63) is 54.0 Å². The SMILES string of the molecule is CCNC(=NCCC(C)c1ccc(OC)cc1)NC1CCN(c2ncccc2F)C1.I. The normalized spacial score (nSPS) is 17.1. The zero-order chi connectivity index (χ0) is 21.3. The zero-order valence-corrected chi connectivity index (χ0v) is 20.8. The highest BCUT2D eigenvalue weighted by Crippen LogP contribution is 2.22. The van der Waals surface area contributed by atoms with Crippen LogP contribution in [0.2, 0.25) is 0 Å². The molecule has 0 saturated carbocycles. The van der Waals surface area contributed by atoms with Crippen LogP contribution in [-0.2, 0) is 0 Å². The molecule has 3 rings (SSSR count). The van der Waals surface area contributed by atoms with Gasteiger partial charge in [-0.3, -0.25) is 4.99 Å². The van der Waals surface area contributed by atoms with E-state index in [4.69, 9.17) is 9.73 Å². The van der Waals surface area contributed by atoms with E-state index in [1.807, 2.05) is 17.0 Å². The van der Waals surface area contributed by atoms with Crippen molar-refractivity contribution in [1.82, 2.24) is 15.6 Å². The second-order valence-electron chi connectivity index (χ2n) is 7.61. The number of hydrogen-bond donors (Lipinski definition) is 2. The van der Waals surface area contributed by atoms with Crippen LogP contribution in [0.3, 0.4) is 0 Å². The van der Waals surface area contributed by atoms with E-state index in [1.165, 1.54) is 11.6 Å². The molecule has 1 aliphatic heterocycles. The van der Waals surface area contributed by atoms with E-state index in [9.17, 15) is 4.39 Å². The Balaban J connectivity index is 0.00000341. The highest BCUT2D eigenvalue weighted by molar-refractivity contribution is 14.0. The molecule has 2 atom stereocenters. The molecule has 2 heterocycles. The number of guanidine groups is 1. The number of benzene rings is 1. The molecule has 0 aliphatic carbocycles. The van der Waals surface area contributed by atoms with E-state index in [1.54, 1.807) is 19.4 Å². The molecule has 1 aromatic carbocycles. The summed E-state index contributed by atoms with van der Waals surface area (Å²) in [6, 6.07) is 11.5. The van der Waals surface area contributed by atoms with E-state index >= 15 is 0 Å². The van der Waals surface area contributed by atoms with E-state index in [0.717, 1.165) is 44.2 Å². The Labute approximate surface area is 201 Å². The van der Waals surface area contributed by atoms with Crippen molar-refractivity contribution < 1.29 is 9.13 Å². The van der Waals surface area contributed by atoms with E-state index < -0.39 is 0 Å². The first kappa shape index (κ1) is 25.2. The van der Waals surface area contributed by atoms with Gasteiger partial charge in [0.1, 0.15) is 5.75 Å². The fourth-order valence-electron chi connectivity index (χ4n) is 3.66. The van der Waals surface area contributed by atoms with Gasteiger partial charge in [-0.25, -0.2) is 9.37 Å². The third-order valence-electron chi connectivity index (χ3n) is 5.43. The molecule has 2 aromatic rings. The molecule has 0 radical (unpaired) electrons. The van der Waals surface area contributed by atoms with Crippen LogP contribution < -0.4 is 20.3 Å². The minimum absolute atomic E-state index is 0. The molecule has 1 fully saturated rings. The number of anilines is 1. The predicted molar refractivity (Wildman–Crippen MR) is 135 cm³/mol. The lowest BCUT2D eigenvalue weighted by molar-refractivity contribution is 0.414. The quantitative estimate of drug-likeness (QED) is 0.299. The number of hydrogen-bond acceptors (Lipinski definition) is 4. The first-order valence-electron chi connectivity index (χ1n) is 10.6. The maximum Gasteiger partial charge on any atom is 0.191 e. The molecule has 2 N–H and O–H groups in total. The number of nitrogens with one attached hydrogen (secondary N) is 2. The van der Waals surface area contributed by atoms with Gasteiger partial charge in [-0.05, 0) is 55.5 Å². The second-order valence-corrected chi connectivity index (χ2v) is 7.61. The molecule has 2 unspecified atom stereocenters.